The minimum Gasteiger partial charge on any atom is -0.211 e. The molecule has 7 heteroatoms. The van der Waals surface area contributed by atoms with E-state index in [2.05, 4.69) is 0 Å². The van der Waals surface area contributed by atoms with E-state index in [4.69, 9.17) is 15.8 Å². The third-order valence-electron chi connectivity index (χ3n) is 3.13. The Kier molecular flexibility index (Phi) is 10.2. The molecule has 0 rings (SSSR count). The lowest BCUT2D eigenvalue weighted by Gasteiger charge is -2.24. The number of rotatable bonds is 11. The number of unbranched alkanes of at least 4 members (excludes halogenated alkanes) is 4. The van der Waals surface area contributed by atoms with Crippen LogP contribution < -0.4 is 0 Å². The summed E-state index contributed by atoms with van der Waals surface area (Å²) in [6.07, 6.45) is 3.55. The van der Waals surface area contributed by atoms with Crippen LogP contribution >= 0.6 is 0 Å². The molecule has 0 aromatic heterocycles. The van der Waals surface area contributed by atoms with Crippen LogP contribution in [-0.4, -0.2) is 31.1 Å². The summed E-state index contributed by atoms with van der Waals surface area (Å²) < 4.78 is 26.1. The van der Waals surface area contributed by atoms with Gasteiger partial charge in [0, 0.05) is 25.9 Å². The van der Waals surface area contributed by atoms with Crippen LogP contribution in [0.3, 0.4) is 0 Å². The Hall–Kier alpha value is -1.62. The molecule has 0 heterocycles. The maximum atomic E-state index is 12.4. The van der Waals surface area contributed by atoms with Crippen molar-refractivity contribution in [1.82, 2.24) is 4.31 Å². The van der Waals surface area contributed by atoms with E-state index in [1.165, 1.54) is 4.31 Å². The first-order chi connectivity index (χ1) is 10.0. The molecule has 0 saturated carbocycles. The number of hydrogen-bond acceptors (Lipinski definition) is 5. The highest BCUT2D eigenvalue weighted by Gasteiger charge is 2.30. The van der Waals surface area contributed by atoms with Crippen molar-refractivity contribution in [3.8, 4) is 18.2 Å². The lowest BCUT2D eigenvalue weighted by atomic mass is 10.2. The van der Waals surface area contributed by atoms with Gasteiger partial charge < -0.3 is 0 Å². The van der Waals surface area contributed by atoms with Crippen molar-refractivity contribution in [3.63, 3.8) is 0 Å². The molecule has 0 aliphatic heterocycles. The summed E-state index contributed by atoms with van der Waals surface area (Å²) in [7, 11) is -3.63. The molecule has 0 amide bonds. The summed E-state index contributed by atoms with van der Waals surface area (Å²) in [5.74, 6) is 0. The van der Waals surface area contributed by atoms with Crippen molar-refractivity contribution < 1.29 is 8.42 Å². The molecule has 21 heavy (non-hydrogen) atoms. The fraction of sp³-hybridized carbons (Fsp3) is 0.786. The molecule has 0 fully saturated rings. The molecule has 116 valence electrons. The quantitative estimate of drug-likeness (QED) is 0.544. The lowest BCUT2D eigenvalue weighted by molar-refractivity contribution is 0.388. The molecule has 1 unspecified atom stereocenters. The molecule has 0 aromatic carbocycles. The first-order valence-electron chi connectivity index (χ1n) is 7.17. The maximum Gasteiger partial charge on any atom is 0.230 e. The Bertz CT molecular complexity index is 489. The zero-order valence-electron chi connectivity index (χ0n) is 12.5. The highest BCUT2D eigenvalue weighted by Crippen LogP contribution is 2.15. The molecule has 0 spiro atoms. The van der Waals surface area contributed by atoms with Gasteiger partial charge in [0.25, 0.3) is 0 Å². The SMILES string of the molecule is CCC(C#N)S(=O)(=O)N(CCCCC#N)CCCCC#N. The van der Waals surface area contributed by atoms with Crippen LogP contribution in [0.25, 0.3) is 0 Å². The summed E-state index contributed by atoms with van der Waals surface area (Å²) >= 11 is 0. The van der Waals surface area contributed by atoms with Crippen LogP contribution in [0.15, 0.2) is 0 Å². The largest absolute Gasteiger partial charge is 0.230 e. The molecule has 0 aromatic rings. The second-order valence-corrected chi connectivity index (χ2v) is 6.82. The minimum absolute atomic E-state index is 0.256. The average Bonchev–Trinajstić information content (AvgIpc) is 2.46. The van der Waals surface area contributed by atoms with Gasteiger partial charge in [-0.15, -0.1) is 0 Å². The average molecular weight is 310 g/mol. The molecular weight excluding hydrogens is 288 g/mol. The van der Waals surface area contributed by atoms with Gasteiger partial charge >= 0.3 is 0 Å². The lowest BCUT2D eigenvalue weighted by Crippen LogP contribution is -2.39. The molecule has 0 N–H and O–H groups in total. The van der Waals surface area contributed by atoms with Gasteiger partial charge in [-0.25, -0.2) is 12.7 Å². The van der Waals surface area contributed by atoms with Gasteiger partial charge in [-0.05, 0) is 32.1 Å². The minimum atomic E-state index is -3.63. The molecule has 0 aliphatic carbocycles. The third kappa shape index (κ3) is 7.09. The Morgan fingerprint density at radius 2 is 1.43 bits per heavy atom. The Morgan fingerprint density at radius 3 is 1.76 bits per heavy atom. The monoisotopic (exact) mass is 310 g/mol. The molecule has 0 bridgehead atoms. The van der Waals surface area contributed by atoms with Crippen LogP contribution in [0, 0.1) is 34.0 Å². The van der Waals surface area contributed by atoms with Gasteiger partial charge in [0.2, 0.25) is 10.0 Å². The standard InChI is InChI=1S/C14H22N4O2S/c1-2-14(13-17)21(19,20)18(11-7-3-5-9-15)12-8-4-6-10-16/h14H,2-8,11-12H2,1H3. The van der Waals surface area contributed by atoms with Crippen LogP contribution in [-0.2, 0) is 10.0 Å². The molecule has 0 aliphatic rings. The zero-order valence-corrected chi connectivity index (χ0v) is 13.3. The number of nitriles is 3. The van der Waals surface area contributed by atoms with E-state index < -0.39 is 15.3 Å². The number of hydrogen-bond donors (Lipinski definition) is 0. The Balaban J connectivity index is 4.74. The van der Waals surface area contributed by atoms with Gasteiger partial charge in [-0.2, -0.15) is 15.8 Å². The van der Waals surface area contributed by atoms with Crippen LogP contribution in [0.2, 0.25) is 0 Å². The predicted molar refractivity (Wildman–Crippen MR) is 79.1 cm³/mol. The van der Waals surface area contributed by atoms with E-state index in [0.717, 1.165) is 0 Å². The fourth-order valence-corrected chi connectivity index (χ4v) is 3.58. The topological polar surface area (TPSA) is 109 Å². The summed E-state index contributed by atoms with van der Waals surface area (Å²) in [5.41, 5.74) is 0. The predicted octanol–water partition coefficient (Wildman–Crippen LogP) is 2.31. The zero-order chi connectivity index (χ0) is 16.1. The van der Waals surface area contributed by atoms with Crippen molar-refractivity contribution in [2.24, 2.45) is 0 Å². The fourth-order valence-electron chi connectivity index (χ4n) is 1.90. The van der Waals surface area contributed by atoms with Crippen molar-refractivity contribution in [2.45, 2.75) is 57.1 Å². The van der Waals surface area contributed by atoms with Gasteiger partial charge in [0.1, 0.15) is 0 Å². The first kappa shape index (κ1) is 19.4. The van der Waals surface area contributed by atoms with Crippen molar-refractivity contribution in [3.05, 3.63) is 0 Å². The molecule has 6 nitrogen and oxygen atoms in total. The highest BCUT2D eigenvalue weighted by atomic mass is 32.2. The van der Waals surface area contributed by atoms with Crippen LogP contribution in [0.1, 0.15) is 51.9 Å². The number of sulfonamides is 1. The van der Waals surface area contributed by atoms with E-state index in [1.807, 2.05) is 18.2 Å². The van der Waals surface area contributed by atoms with Crippen molar-refractivity contribution >= 4 is 10.0 Å². The third-order valence-corrected chi connectivity index (χ3v) is 5.37. The van der Waals surface area contributed by atoms with Crippen molar-refractivity contribution in [1.29, 1.82) is 15.8 Å². The normalized spacial score (nSPS) is 12.3. The van der Waals surface area contributed by atoms with Crippen LogP contribution in [0.4, 0.5) is 0 Å². The summed E-state index contributed by atoms with van der Waals surface area (Å²) in [6, 6.07) is 5.90. The smallest absolute Gasteiger partial charge is 0.211 e. The van der Waals surface area contributed by atoms with Gasteiger partial charge in [-0.3, -0.25) is 0 Å². The van der Waals surface area contributed by atoms with E-state index in [0.29, 0.717) is 51.6 Å². The summed E-state index contributed by atoms with van der Waals surface area (Å²) in [5, 5.41) is 25.0. The Morgan fingerprint density at radius 1 is 0.952 bits per heavy atom. The first-order valence-corrected chi connectivity index (χ1v) is 8.67. The van der Waals surface area contributed by atoms with E-state index in [9.17, 15) is 8.42 Å². The summed E-state index contributed by atoms with van der Waals surface area (Å²) in [6.45, 7) is 2.33. The summed E-state index contributed by atoms with van der Waals surface area (Å²) in [4.78, 5) is 0. The van der Waals surface area contributed by atoms with Gasteiger partial charge in [-0.1, -0.05) is 6.92 Å². The highest BCUT2D eigenvalue weighted by molar-refractivity contribution is 7.90. The van der Waals surface area contributed by atoms with Crippen molar-refractivity contribution in [2.75, 3.05) is 13.1 Å². The number of nitrogens with zero attached hydrogens (tertiary/aromatic N) is 4. The van der Waals surface area contributed by atoms with Gasteiger partial charge in [0.15, 0.2) is 5.25 Å². The molecule has 0 saturated heterocycles. The van der Waals surface area contributed by atoms with E-state index >= 15 is 0 Å². The van der Waals surface area contributed by atoms with E-state index in [1.54, 1.807) is 6.92 Å². The second-order valence-electron chi connectivity index (χ2n) is 4.70. The van der Waals surface area contributed by atoms with E-state index in [-0.39, 0.29) is 6.42 Å². The second kappa shape index (κ2) is 11.1. The Labute approximate surface area is 127 Å². The van der Waals surface area contributed by atoms with Crippen LogP contribution in [0.5, 0.6) is 0 Å². The molecular formula is C14H22N4O2S. The molecule has 1 atom stereocenters. The molecule has 0 radical (unpaired) electrons. The van der Waals surface area contributed by atoms with Gasteiger partial charge in [0.05, 0.1) is 18.2 Å². The maximum absolute atomic E-state index is 12.4.